The first-order chi connectivity index (χ1) is 27.1. The van der Waals surface area contributed by atoms with Gasteiger partial charge in [0, 0.05) is 21.6 Å². The molecule has 0 bridgehead atoms. The highest BCUT2D eigenvalue weighted by Gasteiger charge is 2.93. The van der Waals surface area contributed by atoms with Crippen LogP contribution < -0.4 is 0 Å². The molecule has 2 heterocycles. The average molecular weight is 1010 g/mol. The third-order valence-electron chi connectivity index (χ3n) is 7.13. The second kappa shape index (κ2) is 16.0. The maximum atomic E-state index is 14.5. The van der Waals surface area contributed by atoms with Crippen molar-refractivity contribution in [3.63, 3.8) is 0 Å². The number of alkyl halides is 26. The lowest BCUT2D eigenvalue weighted by Gasteiger charge is -2.39. The van der Waals surface area contributed by atoms with E-state index in [1.165, 1.54) is 0 Å². The molecular formula is C24H4B2F30O4S2. The molecule has 2 aromatic heterocycles. The Morgan fingerprint density at radius 2 is 0.629 bits per heavy atom. The van der Waals surface area contributed by atoms with Crippen molar-refractivity contribution in [3.8, 4) is 0 Å². The zero-order valence-corrected chi connectivity index (χ0v) is 28.9. The summed E-state index contributed by atoms with van der Waals surface area (Å²) in [6.45, 7) is 0. The fourth-order valence-electron chi connectivity index (χ4n) is 3.90. The molecule has 62 heavy (non-hydrogen) atoms. The monoisotopic (exact) mass is 1010 g/mol. The van der Waals surface area contributed by atoms with Gasteiger partial charge in [-0.1, -0.05) is 0 Å². The van der Waals surface area contributed by atoms with Crippen LogP contribution in [-0.4, -0.2) is 98.1 Å². The number of allylic oxidation sites excluding steroid dienone is 4. The summed E-state index contributed by atoms with van der Waals surface area (Å²) in [6.07, 6.45) is -18.6. The number of thiophene rings is 2. The van der Waals surface area contributed by atoms with E-state index in [-0.39, 0.29) is 12.1 Å². The third kappa shape index (κ3) is 8.44. The van der Waals surface area contributed by atoms with Gasteiger partial charge < -0.3 is 9.31 Å². The van der Waals surface area contributed by atoms with Crippen molar-refractivity contribution in [2.75, 3.05) is 0 Å². The van der Waals surface area contributed by atoms with Crippen molar-refractivity contribution in [1.82, 2.24) is 0 Å². The van der Waals surface area contributed by atoms with E-state index >= 15 is 0 Å². The van der Waals surface area contributed by atoms with Crippen molar-refractivity contribution < 1.29 is 150 Å². The SMILES string of the molecule is O=C(/C=C(\OB(F)F)C(F)(F)C(F)(F)C(F)(F)C(F)(F)C(F)(F)C(F)(F)F)c1cc2sc(C(=O)/C=C(\OB(F)F)C(F)(F)C(F)(F)C(F)(F)C(F)(F)C(F)(F)C(F)(F)F)cc2s1. The molecule has 0 aliphatic rings. The summed E-state index contributed by atoms with van der Waals surface area (Å²) < 4.78 is 406. The Bertz CT molecular complexity index is 1890. The van der Waals surface area contributed by atoms with Gasteiger partial charge in [0.25, 0.3) is 0 Å². The van der Waals surface area contributed by atoms with Gasteiger partial charge in [0.1, 0.15) is 0 Å². The molecule has 0 radical (unpaired) electrons. The molecule has 0 unspecified atom stereocenters. The second-order valence-electron chi connectivity index (χ2n) is 11.2. The van der Waals surface area contributed by atoms with Crippen molar-refractivity contribution in [3.05, 3.63) is 45.6 Å². The first-order valence-electron chi connectivity index (χ1n) is 14.0. The Morgan fingerprint density at radius 1 is 0.403 bits per heavy atom. The molecule has 0 saturated heterocycles. The van der Waals surface area contributed by atoms with Gasteiger partial charge in [-0.25, -0.2) is 17.3 Å². The summed E-state index contributed by atoms with van der Waals surface area (Å²) in [4.78, 5) is 22.1. The lowest BCUT2D eigenvalue weighted by molar-refractivity contribution is -0.438. The predicted octanol–water partition coefficient (Wildman–Crippen LogP) is 12.5. The summed E-state index contributed by atoms with van der Waals surface area (Å²) in [6, 6.07) is 0.214. The summed E-state index contributed by atoms with van der Waals surface area (Å²) in [5.41, 5.74) is 0. The summed E-state index contributed by atoms with van der Waals surface area (Å²) in [5, 5.41) is 0. The van der Waals surface area contributed by atoms with Crippen molar-refractivity contribution >= 4 is 58.6 Å². The number of carbonyl (C=O) groups excluding carboxylic acids is 2. The first-order valence-corrected chi connectivity index (χ1v) is 15.6. The molecular weight excluding hydrogens is 1010 g/mol. The molecule has 0 fully saturated rings. The molecule has 352 valence electrons. The maximum absolute atomic E-state index is 14.5. The van der Waals surface area contributed by atoms with Crippen LogP contribution in [0.2, 0.25) is 0 Å². The third-order valence-corrected chi connectivity index (χ3v) is 9.46. The lowest BCUT2D eigenvalue weighted by Crippen LogP contribution is -2.70. The standard InChI is InChI=1S/C24H4B2F30O4S2/c27-13(28,15(31,32)17(35,36)19(39,40)21(43,44)23(47,48)49)11(59-25(53)54)1-5(57)7-3-9-10(61-7)4-8(62-9)6(58)2-12(60-26(55)56)14(29,30)16(33,34)18(37,38)20(41,42)22(45,46)24(50,51)52/h1-4H/b11-1-,12-2-. The highest BCUT2D eigenvalue weighted by Crippen LogP contribution is 2.63. The van der Waals surface area contributed by atoms with Crippen LogP contribution in [-0.2, 0) is 9.31 Å². The molecule has 0 aromatic carbocycles. The van der Waals surface area contributed by atoms with E-state index in [0.29, 0.717) is 0 Å². The average Bonchev–Trinajstić information content (AvgIpc) is 3.66. The van der Waals surface area contributed by atoms with Gasteiger partial charge in [0.05, 0.1) is 9.75 Å². The Labute approximate surface area is 326 Å². The highest BCUT2D eigenvalue weighted by atomic mass is 32.1. The molecule has 2 rings (SSSR count). The van der Waals surface area contributed by atoms with Crippen molar-refractivity contribution in [2.45, 2.75) is 71.6 Å². The van der Waals surface area contributed by atoms with E-state index in [1.54, 1.807) is 0 Å². The number of ketones is 2. The lowest BCUT2D eigenvalue weighted by atomic mass is 9.92. The second-order valence-corrected chi connectivity index (χ2v) is 13.4. The Kier molecular flexibility index (Phi) is 14.0. The van der Waals surface area contributed by atoms with E-state index in [0.717, 1.165) is 0 Å². The van der Waals surface area contributed by atoms with Crippen molar-refractivity contribution in [1.29, 1.82) is 0 Å². The minimum atomic E-state index is -8.59. The van der Waals surface area contributed by atoms with E-state index < -0.39 is 164 Å². The molecule has 0 spiro atoms. The zero-order chi connectivity index (χ0) is 49.4. The first kappa shape index (κ1) is 54.2. The summed E-state index contributed by atoms with van der Waals surface area (Å²) in [5.74, 6) is -95.4. The Morgan fingerprint density at radius 3 is 0.839 bits per heavy atom. The van der Waals surface area contributed by atoms with Gasteiger partial charge in [0.2, 0.25) is 0 Å². The topological polar surface area (TPSA) is 52.6 Å². The highest BCUT2D eigenvalue weighted by molar-refractivity contribution is 7.29. The minimum Gasteiger partial charge on any atom is -0.503 e. The molecule has 0 aliphatic carbocycles. The predicted molar refractivity (Wildman–Crippen MR) is 144 cm³/mol. The molecule has 4 nitrogen and oxygen atoms in total. The summed E-state index contributed by atoms with van der Waals surface area (Å²) >= 11 is -0.802. The van der Waals surface area contributed by atoms with Gasteiger partial charge in [0.15, 0.2) is 23.1 Å². The Balaban J connectivity index is 2.67. The number of hydrogen-bond donors (Lipinski definition) is 0. The molecule has 0 N–H and O–H groups in total. The smallest absolute Gasteiger partial charge is 0.503 e. The van der Waals surface area contributed by atoms with E-state index in [4.69, 9.17) is 0 Å². The maximum Gasteiger partial charge on any atom is 0.796 e. The summed E-state index contributed by atoms with van der Waals surface area (Å²) in [7, 11) is -9.96. The van der Waals surface area contributed by atoms with Gasteiger partial charge in [-0.15, -0.1) is 22.7 Å². The minimum absolute atomic E-state index is 0.107. The number of hydrogen-bond acceptors (Lipinski definition) is 6. The van der Waals surface area contributed by atoms with E-state index in [2.05, 4.69) is 9.31 Å². The molecule has 38 heteroatoms. The van der Waals surface area contributed by atoms with E-state index in [9.17, 15) is 141 Å². The van der Waals surface area contributed by atoms with Crippen LogP contribution in [0.25, 0.3) is 9.40 Å². The fourth-order valence-corrected chi connectivity index (χ4v) is 6.12. The molecule has 0 atom stereocenters. The van der Waals surface area contributed by atoms with Gasteiger partial charge >= 0.3 is 86.5 Å². The Hall–Kier alpha value is -3.89. The number of halogens is 30. The largest absolute Gasteiger partial charge is 0.796 e. The van der Waals surface area contributed by atoms with Crippen LogP contribution >= 0.6 is 22.7 Å². The van der Waals surface area contributed by atoms with Gasteiger partial charge in [-0.2, -0.15) is 114 Å². The number of fused-ring (bicyclic) bond motifs is 1. The number of carbonyl (C=O) groups is 2. The van der Waals surface area contributed by atoms with Crippen LogP contribution in [0.1, 0.15) is 19.3 Å². The fraction of sp³-hybridized carbons (Fsp3) is 0.500. The van der Waals surface area contributed by atoms with Crippen LogP contribution in [0.3, 0.4) is 0 Å². The zero-order valence-electron chi connectivity index (χ0n) is 27.3. The number of rotatable bonds is 18. The van der Waals surface area contributed by atoms with Crippen LogP contribution in [0.15, 0.2) is 35.8 Å². The molecule has 0 amide bonds. The molecule has 0 saturated carbocycles. The van der Waals surface area contributed by atoms with Crippen LogP contribution in [0.4, 0.5) is 131 Å². The molecule has 2 aromatic rings. The van der Waals surface area contributed by atoms with Gasteiger partial charge in [-0.3, -0.25) is 9.59 Å². The molecule has 0 aliphatic heterocycles. The normalized spacial score (nSPS) is 15.6. The quantitative estimate of drug-likeness (QED) is 0.0491. The van der Waals surface area contributed by atoms with Crippen LogP contribution in [0.5, 0.6) is 0 Å². The van der Waals surface area contributed by atoms with Crippen molar-refractivity contribution in [2.24, 2.45) is 0 Å². The van der Waals surface area contributed by atoms with Gasteiger partial charge in [-0.05, 0) is 12.1 Å². The van der Waals surface area contributed by atoms with E-state index in [1.807, 2.05) is 0 Å². The van der Waals surface area contributed by atoms with Crippen LogP contribution in [0, 0.1) is 0 Å².